The first-order valence-corrected chi connectivity index (χ1v) is 10.9. The number of carbonyl (C=O) groups is 1. The number of nitrogens with one attached hydrogen (secondary N) is 1. The molecule has 0 radical (unpaired) electrons. The first-order chi connectivity index (χ1) is 14.5. The molecule has 7 heteroatoms. The largest absolute Gasteiger partial charge is 0.379 e. The van der Waals surface area contributed by atoms with Gasteiger partial charge in [-0.3, -0.25) is 14.4 Å². The quantitative estimate of drug-likeness (QED) is 0.730. The van der Waals surface area contributed by atoms with Crippen molar-refractivity contribution in [2.24, 2.45) is 0 Å². The number of anilines is 3. The second kappa shape index (κ2) is 8.50. The first kappa shape index (κ1) is 20.4. The summed E-state index contributed by atoms with van der Waals surface area (Å²) in [7, 11) is 0. The molecular weight excluding hydrogens is 380 g/mol. The minimum Gasteiger partial charge on any atom is -0.379 e. The van der Waals surface area contributed by atoms with Crippen LogP contribution in [0.4, 0.5) is 17.1 Å². The molecule has 0 saturated carbocycles. The summed E-state index contributed by atoms with van der Waals surface area (Å²) in [6.07, 6.45) is 2.41. The van der Waals surface area contributed by atoms with E-state index in [1.54, 1.807) is 0 Å². The van der Waals surface area contributed by atoms with Crippen LogP contribution in [0.25, 0.3) is 0 Å². The Labute approximate surface area is 177 Å². The van der Waals surface area contributed by atoms with Crippen LogP contribution in [0, 0.1) is 13.8 Å². The van der Waals surface area contributed by atoms with Gasteiger partial charge in [0.05, 0.1) is 0 Å². The van der Waals surface area contributed by atoms with E-state index in [-0.39, 0.29) is 5.91 Å². The van der Waals surface area contributed by atoms with Crippen molar-refractivity contribution in [1.29, 1.82) is 0 Å². The Kier molecular flexibility index (Phi) is 5.79. The zero-order valence-electron chi connectivity index (χ0n) is 17.9. The van der Waals surface area contributed by atoms with Crippen molar-refractivity contribution < 1.29 is 4.79 Å². The van der Waals surface area contributed by atoms with Crippen molar-refractivity contribution >= 4 is 23.0 Å². The second-order valence-corrected chi connectivity index (χ2v) is 8.34. The number of piperazine rings is 1. The summed E-state index contributed by atoms with van der Waals surface area (Å²) < 4.78 is 0. The van der Waals surface area contributed by atoms with E-state index in [4.69, 9.17) is 0 Å². The van der Waals surface area contributed by atoms with Crippen molar-refractivity contribution in [3.8, 4) is 0 Å². The van der Waals surface area contributed by atoms with Gasteiger partial charge in [-0.05, 0) is 43.9 Å². The molecule has 0 spiro atoms. The van der Waals surface area contributed by atoms with Gasteiger partial charge in [0.1, 0.15) is 11.4 Å². The molecule has 4 rings (SSSR count). The molecule has 2 aliphatic heterocycles. The third-order valence-electron chi connectivity index (χ3n) is 6.50. The average molecular weight is 411 g/mol. The second-order valence-electron chi connectivity index (χ2n) is 8.34. The number of carbonyl (C=O) groups excluding carboxylic acids is 1. The SMILES string of the molecule is Cc1cccc(N2CCN(C(=O)CCNc3c(N4CCCC4)c(=O)c3=O)CC2)c1C. The van der Waals surface area contributed by atoms with Crippen LogP contribution in [-0.2, 0) is 4.79 Å². The van der Waals surface area contributed by atoms with E-state index in [1.165, 1.54) is 16.8 Å². The van der Waals surface area contributed by atoms with Crippen molar-refractivity contribution in [3.05, 3.63) is 49.8 Å². The monoisotopic (exact) mass is 410 g/mol. The maximum atomic E-state index is 12.6. The molecule has 0 bridgehead atoms. The van der Waals surface area contributed by atoms with E-state index in [1.807, 2.05) is 9.80 Å². The Bertz CT molecular complexity index is 995. The van der Waals surface area contributed by atoms with Gasteiger partial charge in [-0.15, -0.1) is 0 Å². The Balaban J connectivity index is 1.27. The predicted octanol–water partition coefficient (Wildman–Crippen LogP) is 1.65. The van der Waals surface area contributed by atoms with E-state index in [0.29, 0.717) is 37.4 Å². The van der Waals surface area contributed by atoms with Gasteiger partial charge in [0, 0.05) is 57.9 Å². The highest BCUT2D eigenvalue weighted by molar-refractivity contribution is 5.79. The lowest BCUT2D eigenvalue weighted by Crippen LogP contribution is -2.49. The maximum Gasteiger partial charge on any atom is 0.253 e. The standard InChI is InChI=1S/C23H30N4O3/c1-16-6-5-7-18(17(16)2)25-12-14-26(15-13-25)19(28)8-9-24-20-21(23(30)22(20)29)27-10-3-4-11-27/h5-7,24H,3-4,8-15H2,1-2H3. The van der Waals surface area contributed by atoms with E-state index in [2.05, 4.69) is 42.3 Å². The van der Waals surface area contributed by atoms with E-state index in [0.717, 1.165) is 39.0 Å². The predicted molar refractivity (Wildman–Crippen MR) is 121 cm³/mol. The fraction of sp³-hybridized carbons (Fsp3) is 0.522. The fourth-order valence-corrected chi connectivity index (χ4v) is 4.51. The molecule has 0 aromatic heterocycles. The number of rotatable bonds is 6. The molecule has 0 unspecified atom stereocenters. The minimum atomic E-state index is -0.452. The summed E-state index contributed by atoms with van der Waals surface area (Å²) >= 11 is 0. The topological polar surface area (TPSA) is 73.0 Å². The van der Waals surface area contributed by atoms with Crippen LogP contribution in [0.2, 0.25) is 0 Å². The minimum absolute atomic E-state index is 0.0875. The molecule has 2 aliphatic rings. The Morgan fingerprint density at radius 1 is 0.933 bits per heavy atom. The van der Waals surface area contributed by atoms with Gasteiger partial charge in [-0.25, -0.2) is 0 Å². The Hall–Kier alpha value is -2.83. The highest BCUT2D eigenvalue weighted by Crippen LogP contribution is 2.25. The van der Waals surface area contributed by atoms with Crippen LogP contribution in [0.15, 0.2) is 27.8 Å². The highest BCUT2D eigenvalue weighted by atomic mass is 16.2. The first-order valence-electron chi connectivity index (χ1n) is 10.9. The summed E-state index contributed by atoms with van der Waals surface area (Å²) in [5.41, 5.74) is 3.89. The van der Waals surface area contributed by atoms with Crippen LogP contribution < -0.4 is 26.0 Å². The average Bonchev–Trinajstić information content (AvgIpc) is 3.28. The molecule has 160 valence electrons. The van der Waals surface area contributed by atoms with Gasteiger partial charge in [-0.2, -0.15) is 0 Å². The molecule has 1 amide bonds. The summed E-state index contributed by atoms with van der Waals surface area (Å²) in [5.74, 6) is 0.0875. The van der Waals surface area contributed by atoms with Gasteiger partial charge in [0.25, 0.3) is 10.9 Å². The number of hydrogen-bond acceptors (Lipinski definition) is 6. The van der Waals surface area contributed by atoms with Crippen LogP contribution in [0.5, 0.6) is 0 Å². The molecule has 2 fully saturated rings. The molecule has 2 heterocycles. The lowest BCUT2D eigenvalue weighted by Gasteiger charge is -2.37. The normalized spacial score (nSPS) is 17.1. The smallest absolute Gasteiger partial charge is 0.253 e. The number of amides is 1. The number of aryl methyl sites for hydroxylation is 1. The Morgan fingerprint density at radius 3 is 2.33 bits per heavy atom. The van der Waals surface area contributed by atoms with Crippen LogP contribution >= 0.6 is 0 Å². The highest BCUT2D eigenvalue weighted by Gasteiger charge is 2.28. The van der Waals surface area contributed by atoms with Crippen LogP contribution in [0.1, 0.15) is 30.4 Å². The molecule has 2 aromatic carbocycles. The lowest BCUT2D eigenvalue weighted by atomic mass is 10.1. The summed E-state index contributed by atoms with van der Waals surface area (Å²) in [5, 5.41) is 3.05. The zero-order chi connectivity index (χ0) is 21.3. The zero-order valence-corrected chi connectivity index (χ0v) is 17.9. The lowest BCUT2D eigenvalue weighted by molar-refractivity contribution is -0.131. The summed E-state index contributed by atoms with van der Waals surface area (Å²) in [6.45, 7) is 9.33. The van der Waals surface area contributed by atoms with Gasteiger partial charge in [-0.1, -0.05) is 12.1 Å². The molecule has 30 heavy (non-hydrogen) atoms. The fourth-order valence-electron chi connectivity index (χ4n) is 4.51. The van der Waals surface area contributed by atoms with E-state index < -0.39 is 10.9 Å². The van der Waals surface area contributed by atoms with Crippen molar-refractivity contribution in [3.63, 3.8) is 0 Å². The van der Waals surface area contributed by atoms with Gasteiger partial charge < -0.3 is 20.0 Å². The molecule has 0 aliphatic carbocycles. The molecule has 7 nitrogen and oxygen atoms in total. The van der Waals surface area contributed by atoms with E-state index in [9.17, 15) is 14.4 Å². The molecule has 2 saturated heterocycles. The van der Waals surface area contributed by atoms with E-state index >= 15 is 0 Å². The van der Waals surface area contributed by atoms with Gasteiger partial charge >= 0.3 is 0 Å². The number of benzene rings is 1. The third-order valence-corrected chi connectivity index (χ3v) is 6.50. The maximum absolute atomic E-state index is 12.6. The number of hydrogen-bond donors (Lipinski definition) is 1. The number of nitrogens with zero attached hydrogens (tertiary/aromatic N) is 3. The van der Waals surface area contributed by atoms with Gasteiger partial charge in [0.15, 0.2) is 0 Å². The summed E-state index contributed by atoms with van der Waals surface area (Å²) in [6, 6.07) is 6.35. The van der Waals surface area contributed by atoms with Crippen LogP contribution in [-0.4, -0.2) is 56.6 Å². The molecular formula is C23H30N4O3. The van der Waals surface area contributed by atoms with Gasteiger partial charge in [0.2, 0.25) is 5.91 Å². The summed E-state index contributed by atoms with van der Waals surface area (Å²) in [4.78, 5) is 42.7. The third kappa shape index (κ3) is 3.80. The van der Waals surface area contributed by atoms with Crippen LogP contribution in [0.3, 0.4) is 0 Å². The van der Waals surface area contributed by atoms with Crippen molar-refractivity contribution in [1.82, 2.24) is 4.90 Å². The molecule has 2 aromatic rings. The molecule has 0 atom stereocenters. The molecule has 1 N–H and O–H groups in total. The van der Waals surface area contributed by atoms with Crippen molar-refractivity contribution in [2.75, 3.05) is 60.9 Å². The van der Waals surface area contributed by atoms with Crippen molar-refractivity contribution in [2.45, 2.75) is 33.1 Å². The Morgan fingerprint density at radius 2 is 1.63 bits per heavy atom.